The third-order valence-electron chi connectivity index (χ3n) is 6.81. The highest BCUT2D eigenvalue weighted by molar-refractivity contribution is 6.88. The smallest absolute Gasteiger partial charge is 0.217 e. The maximum absolute atomic E-state index is 6.45. The number of aromatic nitrogens is 1. The normalized spacial score (nSPS) is 12.4. The van der Waals surface area contributed by atoms with Crippen LogP contribution in [0.2, 0.25) is 19.6 Å². The molecule has 5 rings (SSSR count). The molecule has 2 aromatic heterocycles. The summed E-state index contributed by atoms with van der Waals surface area (Å²) >= 11 is 0. The lowest BCUT2D eigenvalue weighted by atomic mass is 9.95. The summed E-state index contributed by atoms with van der Waals surface area (Å²) in [4.78, 5) is 0. The van der Waals surface area contributed by atoms with E-state index in [-0.39, 0.29) is 0 Å². The molecule has 3 aromatic carbocycles. The molecular weight excluding hydrogens is 394 g/mol. The van der Waals surface area contributed by atoms with Gasteiger partial charge in [-0.15, -0.1) is 0 Å². The second kappa shape index (κ2) is 6.79. The second-order valence-electron chi connectivity index (χ2n) is 9.92. The van der Waals surface area contributed by atoms with E-state index in [1.165, 1.54) is 54.8 Å². The first-order valence-electron chi connectivity index (χ1n) is 11.0. The lowest BCUT2D eigenvalue weighted by Gasteiger charge is -2.17. The highest BCUT2D eigenvalue weighted by Crippen LogP contribution is 2.39. The first-order chi connectivity index (χ1) is 14.7. The van der Waals surface area contributed by atoms with Gasteiger partial charge in [0.05, 0.1) is 13.6 Å². The number of rotatable bonds is 2. The van der Waals surface area contributed by atoms with Crippen molar-refractivity contribution in [1.82, 2.24) is 0 Å². The number of pyridine rings is 1. The van der Waals surface area contributed by atoms with E-state index in [1.54, 1.807) is 0 Å². The molecule has 0 radical (unpaired) electrons. The van der Waals surface area contributed by atoms with Crippen molar-refractivity contribution < 1.29 is 8.98 Å². The van der Waals surface area contributed by atoms with Crippen molar-refractivity contribution in [3.05, 3.63) is 71.3 Å². The van der Waals surface area contributed by atoms with E-state index in [0.717, 1.165) is 11.2 Å². The van der Waals surface area contributed by atoms with Gasteiger partial charge in [-0.2, -0.15) is 4.57 Å². The fourth-order valence-electron chi connectivity index (χ4n) is 4.75. The molecule has 2 nitrogen and oxygen atoms in total. The SMILES string of the molecule is Cc1cc2c(oc3ccccc32)c(-c2cc(C)c3ccc([Si](C)(C)C)cc3[n+]2C)c1C. The summed E-state index contributed by atoms with van der Waals surface area (Å²) in [6.45, 7) is 13.9. The highest BCUT2D eigenvalue weighted by atomic mass is 28.3. The lowest BCUT2D eigenvalue weighted by Crippen LogP contribution is -2.40. The van der Waals surface area contributed by atoms with Gasteiger partial charge in [-0.3, -0.25) is 0 Å². The van der Waals surface area contributed by atoms with Crippen LogP contribution in [0.5, 0.6) is 0 Å². The van der Waals surface area contributed by atoms with Gasteiger partial charge in [-0.05, 0) is 55.7 Å². The van der Waals surface area contributed by atoms with E-state index in [1.807, 2.05) is 6.07 Å². The first kappa shape index (κ1) is 20.0. The monoisotopic (exact) mass is 424 g/mol. The molecule has 0 saturated carbocycles. The predicted molar refractivity (Wildman–Crippen MR) is 135 cm³/mol. The van der Waals surface area contributed by atoms with Crippen LogP contribution in [0.15, 0.2) is 59.0 Å². The van der Waals surface area contributed by atoms with E-state index in [2.05, 4.69) is 101 Å². The standard InChI is InChI=1S/C28H30NOSi/c1-17-14-23-22-10-8-9-11-26(22)30-28(23)27(19(17)3)25-15-18(2)21-13-12-20(31(5,6)7)16-24(21)29(25)4/h8-16H,1-7H3/q+1. The van der Waals surface area contributed by atoms with Crippen molar-refractivity contribution in [3.63, 3.8) is 0 Å². The molecule has 0 bridgehead atoms. The molecule has 156 valence electrons. The fraction of sp³-hybridized carbons (Fsp3) is 0.250. The summed E-state index contributed by atoms with van der Waals surface area (Å²) in [6.07, 6.45) is 0. The molecule has 0 N–H and O–H groups in total. The van der Waals surface area contributed by atoms with Gasteiger partial charge in [0.1, 0.15) is 18.2 Å². The van der Waals surface area contributed by atoms with E-state index in [9.17, 15) is 0 Å². The summed E-state index contributed by atoms with van der Waals surface area (Å²) in [5.74, 6) is 0. The minimum Gasteiger partial charge on any atom is -0.455 e. The molecule has 0 fully saturated rings. The molecule has 0 saturated heterocycles. The lowest BCUT2D eigenvalue weighted by molar-refractivity contribution is -0.633. The number of furan rings is 1. The number of hydrogen-bond acceptors (Lipinski definition) is 1. The molecular formula is C28H30NOSi+. The van der Waals surface area contributed by atoms with E-state index < -0.39 is 8.07 Å². The third kappa shape index (κ3) is 3.02. The zero-order valence-electron chi connectivity index (χ0n) is 19.6. The zero-order valence-corrected chi connectivity index (χ0v) is 20.6. The summed E-state index contributed by atoms with van der Waals surface area (Å²) < 4.78 is 8.81. The van der Waals surface area contributed by atoms with Gasteiger partial charge in [-0.25, -0.2) is 0 Å². The van der Waals surface area contributed by atoms with Gasteiger partial charge in [0, 0.05) is 28.3 Å². The topological polar surface area (TPSA) is 17.0 Å². The molecule has 5 aromatic rings. The van der Waals surface area contributed by atoms with Crippen LogP contribution in [0, 0.1) is 20.8 Å². The highest BCUT2D eigenvalue weighted by Gasteiger charge is 2.26. The van der Waals surface area contributed by atoms with E-state index >= 15 is 0 Å². The Morgan fingerprint density at radius 3 is 2.26 bits per heavy atom. The van der Waals surface area contributed by atoms with E-state index in [0.29, 0.717) is 0 Å². The molecule has 0 aliphatic heterocycles. The molecule has 31 heavy (non-hydrogen) atoms. The van der Waals surface area contributed by atoms with E-state index in [4.69, 9.17) is 4.42 Å². The Hall–Kier alpha value is -2.91. The molecule has 3 heteroatoms. The van der Waals surface area contributed by atoms with Crippen molar-refractivity contribution in [3.8, 4) is 11.3 Å². The van der Waals surface area contributed by atoms with Crippen LogP contribution in [0.1, 0.15) is 16.7 Å². The van der Waals surface area contributed by atoms with Gasteiger partial charge in [0.25, 0.3) is 0 Å². The van der Waals surface area contributed by atoms with Crippen LogP contribution < -0.4 is 9.75 Å². The van der Waals surface area contributed by atoms with Gasteiger partial charge < -0.3 is 4.42 Å². The second-order valence-corrected chi connectivity index (χ2v) is 15.0. The largest absolute Gasteiger partial charge is 0.455 e. The van der Waals surface area contributed by atoms with Gasteiger partial charge in [-0.1, -0.05) is 49.1 Å². The van der Waals surface area contributed by atoms with Crippen molar-refractivity contribution in [2.45, 2.75) is 40.4 Å². The number of aryl methyl sites for hydroxylation is 3. The average Bonchev–Trinajstić information content (AvgIpc) is 3.09. The Bertz CT molecular complexity index is 1500. The van der Waals surface area contributed by atoms with Crippen LogP contribution >= 0.6 is 0 Å². The number of fused-ring (bicyclic) bond motifs is 4. The zero-order chi connectivity index (χ0) is 22.1. The molecule has 0 aliphatic rings. The van der Waals surface area contributed by atoms with Crippen molar-refractivity contribution in [2.75, 3.05) is 0 Å². The molecule has 0 amide bonds. The molecule has 0 spiro atoms. The first-order valence-corrected chi connectivity index (χ1v) is 14.5. The van der Waals surface area contributed by atoms with Crippen molar-refractivity contribution >= 4 is 46.1 Å². The van der Waals surface area contributed by atoms with Gasteiger partial charge in [0.2, 0.25) is 11.2 Å². The van der Waals surface area contributed by atoms with Gasteiger partial charge in [0.15, 0.2) is 0 Å². The van der Waals surface area contributed by atoms with Crippen molar-refractivity contribution in [2.24, 2.45) is 7.05 Å². The summed E-state index contributed by atoms with van der Waals surface area (Å²) in [7, 11) is 0.791. The Labute approximate surface area is 185 Å². The summed E-state index contributed by atoms with van der Waals surface area (Å²) in [6, 6.07) is 20.0. The number of para-hydroxylation sites is 1. The third-order valence-corrected chi connectivity index (χ3v) is 8.85. The Morgan fingerprint density at radius 1 is 0.774 bits per heavy atom. The van der Waals surface area contributed by atoms with Crippen LogP contribution in [-0.2, 0) is 7.05 Å². The number of nitrogens with zero attached hydrogens (tertiary/aromatic N) is 1. The van der Waals surface area contributed by atoms with Gasteiger partial charge >= 0.3 is 0 Å². The number of benzene rings is 3. The minimum atomic E-state index is -1.41. The molecule has 0 unspecified atom stereocenters. The van der Waals surface area contributed by atoms with Crippen LogP contribution in [0.25, 0.3) is 44.1 Å². The number of hydrogen-bond donors (Lipinski definition) is 0. The maximum Gasteiger partial charge on any atom is 0.217 e. The predicted octanol–water partition coefficient (Wildman–Crippen LogP) is 6.70. The minimum absolute atomic E-state index is 0.949. The Morgan fingerprint density at radius 2 is 1.52 bits per heavy atom. The van der Waals surface area contributed by atoms with Crippen molar-refractivity contribution in [1.29, 1.82) is 0 Å². The Kier molecular flexibility index (Phi) is 4.39. The fourth-order valence-corrected chi connectivity index (χ4v) is 5.91. The summed E-state index contributed by atoms with van der Waals surface area (Å²) in [5, 5.41) is 5.19. The maximum atomic E-state index is 6.45. The molecule has 0 aliphatic carbocycles. The summed E-state index contributed by atoms with van der Waals surface area (Å²) in [5.41, 5.74) is 9.52. The molecule has 2 heterocycles. The van der Waals surface area contributed by atoms with Crippen LogP contribution in [-0.4, -0.2) is 8.07 Å². The molecule has 0 atom stereocenters. The van der Waals surface area contributed by atoms with Crippen LogP contribution in [0.4, 0.5) is 0 Å². The quantitative estimate of drug-likeness (QED) is 0.228. The average molecular weight is 425 g/mol. The Balaban J connectivity index is 1.91. The van der Waals surface area contributed by atoms with Crippen LogP contribution in [0.3, 0.4) is 0 Å².